The molecule has 1 unspecified atom stereocenters. The maximum atomic E-state index is 13.2. The minimum Gasteiger partial charge on any atom is -0.455 e. The molecule has 3 aromatic carbocycles. The van der Waals surface area contributed by atoms with Crippen molar-refractivity contribution in [3.63, 3.8) is 0 Å². The minimum absolute atomic E-state index is 0.257. The largest absolute Gasteiger partial charge is 0.455 e. The van der Waals surface area contributed by atoms with Gasteiger partial charge in [0.05, 0.1) is 17.6 Å². The van der Waals surface area contributed by atoms with Crippen LogP contribution in [0, 0.1) is 0 Å². The number of sulfonamides is 1. The average molecular weight is 459 g/mol. The third kappa shape index (κ3) is 5.77. The average Bonchev–Trinajstić information content (AvgIpc) is 2.73. The molecule has 3 aromatic rings. The number of benzene rings is 3. The fourth-order valence-electron chi connectivity index (χ4n) is 3.16. The fourth-order valence-corrected chi connectivity index (χ4v) is 4.55. The van der Waals surface area contributed by atoms with Gasteiger partial charge in [-0.15, -0.1) is 0 Å². The van der Waals surface area contributed by atoms with Gasteiger partial charge in [0, 0.05) is 5.02 Å². The van der Waals surface area contributed by atoms with Gasteiger partial charge in [0.2, 0.25) is 15.9 Å². The second-order valence-electron chi connectivity index (χ2n) is 6.86. The smallest absolute Gasteiger partial charge is 0.248 e. The molecule has 31 heavy (non-hydrogen) atoms. The monoisotopic (exact) mass is 458 g/mol. The summed E-state index contributed by atoms with van der Waals surface area (Å²) in [5, 5.41) is 3.19. The number of halogens is 1. The zero-order chi connectivity index (χ0) is 22.4. The predicted octanol–water partition coefficient (Wildman–Crippen LogP) is 5.32. The first-order valence-electron chi connectivity index (χ1n) is 9.67. The van der Waals surface area contributed by atoms with Crippen LogP contribution in [0.3, 0.4) is 0 Å². The van der Waals surface area contributed by atoms with Gasteiger partial charge in [-0.3, -0.25) is 9.10 Å². The molecule has 0 aliphatic heterocycles. The predicted molar refractivity (Wildman–Crippen MR) is 124 cm³/mol. The lowest BCUT2D eigenvalue weighted by Gasteiger charge is -2.30. The number of ether oxygens (including phenoxy) is 1. The van der Waals surface area contributed by atoms with E-state index < -0.39 is 22.0 Å². The Bertz CT molecular complexity index is 1150. The number of amides is 1. The molecule has 0 aromatic heterocycles. The lowest BCUT2D eigenvalue weighted by Crippen LogP contribution is -2.47. The van der Waals surface area contributed by atoms with Crippen LogP contribution in [0.25, 0.3) is 0 Å². The van der Waals surface area contributed by atoms with Crippen molar-refractivity contribution in [3.05, 3.63) is 83.9 Å². The van der Waals surface area contributed by atoms with Crippen LogP contribution in [0.2, 0.25) is 5.02 Å². The third-order valence-corrected chi connectivity index (χ3v) is 5.92. The summed E-state index contributed by atoms with van der Waals surface area (Å²) in [7, 11) is -3.76. The minimum atomic E-state index is -3.76. The highest BCUT2D eigenvalue weighted by atomic mass is 35.5. The second-order valence-corrected chi connectivity index (χ2v) is 9.16. The lowest BCUT2D eigenvalue weighted by atomic mass is 10.1. The van der Waals surface area contributed by atoms with Crippen molar-refractivity contribution in [3.8, 4) is 11.5 Å². The molecule has 1 atom stereocenters. The van der Waals surface area contributed by atoms with Gasteiger partial charge in [-0.05, 0) is 48.9 Å². The number of rotatable bonds is 8. The van der Waals surface area contributed by atoms with Gasteiger partial charge < -0.3 is 10.1 Å². The summed E-state index contributed by atoms with van der Waals surface area (Å²) in [5.41, 5.74) is 0.764. The van der Waals surface area contributed by atoms with Gasteiger partial charge in [0.25, 0.3) is 0 Å². The maximum Gasteiger partial charge on any atom is 0.248 e. The van der Waals surface area contributed by atoms with E-state index in [0.717, 1.165) is 10.6 Å². The quantitative estimate of drug-likeness (QED) is 0.496. The zero-order valence-corrected chi connectivity index (χ0v) is 18.7. The molecule has 0 radical (unpaired) electrons. The summed E-state index contributed by atoms with van der Waals surface area (Å²) in [6, 6.07) is 21.6. The van der Waals surface area contributed by atoms with Crippen LogP contribution in [0.1, 0.15) is 13.3 Å². The Morgan fingerprint density at radius 3 is 2.35 bits per heavy atom. The van der Waals surface area contributed by atoms with Crippen molar-refractivity contribution in [2.75, 3.05) is 15.9 Å². The van der Waals surface area contributed by atoms with Gasteiger partial charge in [-0.25, -0.2) is 8.42 Å². The number of nitrogens with one attached hydrogen (secondary N) is 1. The molecular formula is C23H23ClN2O4S. The number of hydrogen-bond acceptors (Lipinski definition) is 4. The van der Waals surface area contributed by atoms with Crippen LogP contribution in [-0.4, -0.2) is 26.6 Å². The van der Waals surface area contributed by atoms with Gasteiger partial charge >= 0.3 is 0 Å². The molecule has 0 saturated carbocycles. The second kappa shape index (κ2) is 9.85. The summed E-state index contributed by atoms with van der Waals surface area (Å²) >= 11 is 6.06. The lowest BCUT2D eigenvalue weighted by molar-refractivity contribution is -0.117. The van der Waals surface area contributed by atoms with Crippen molar-refractivity contribution >= 4 is 38.9 Å². The van der Waals surface area contributed by atoms with E-state index in [-0.39, 0.29) is 6.42 Å². The molecule has 0 saturated heterocycles. The summed E-state index contributed by atoms with van der Waals surface area (Å²) in [6.45, 7) is 1.75. The molecule has 6 nitrogen and oxygen atoms in total. The van der Waals surface area contributed by atoms with E-state index in [2.05, 4.69) is 5.32 Å². The van der Waals surface area contributed by atoms with E-state index >= 15 is 0 Å². The van der Waals surface area contributed by atoms with Crippen molar-refractivity contribution in [1.82, 2.24) is 0 Å². The van der Waals surface area contributed by atoms with E-state index in [1.54, 1.807) is 61.5 Å². The Balaban J connectivity index is 1.90. The molecule has 0 spiro atoms. The highest BCUT2D eigenvalue weighted by molar-refractivity contribution is 7.92. The molecule has 0 bridgehead atoms. The number of carbonyl (C=O) groups excluding carboxylic acids is 1. The van der Waals surface area contributed by atoms with Gasteiger partial charge in [0.1, 0.15) is 11.8 Å². The number of carbonyl (C=O) groups is 1. The molecule has 0 aliphatic carbocycles. The van der Waals surface area contributed by atoms with Gasteiger partial charge in [-0.1, -0.05) is 54.9 Å². The third-order valence-electron chi connectivity index (χ3n) is 4.51. The van der Waals surface area contributed by atoms with Crippen LogP contribution in [0.5, 0.6) is 11.5 Å². The highest BCUT2D eigenvalue weighted by Gasteiger charge is 2.32. The number of hydrogen-bond donors (Lipinski definition) is 1. The highest BCUT2D eigenvalue weighted by Crippen LogP contribution is 2.31. The summed E-state index contributed by atoms with van der Waals surface area (Å²) in [4.78, 5) is 13.2. The molecule has 1 N–H and O–H groups in total. The molecule has 8 heteroatoms. The van der Waals surface area contributed by atoms with Crippen molar-refractivity contribution in [1.29, 1.82) is 0 Å². The number of para-hydroxylation sites is 3. The maximum absolute atomic E-state index is 13.2. The molecule has 162 valence electrons. The van der Waals surface area contributed by atoms with Crippen LogP contribution >= 0.6 is 11.6 Å². The van der Waals surface area contributed by atoms with Gasteiger partial charge in [0.15, 0.2) is 5.75 Å². The van der Waals surface area contributed by atoms with E-state index in [9.17, 15) is 13.2 Å². The van der Waals surface area contributed by atoms with Crippen LogP contribution < -0.4 is 14.4 Å². The first-order valence-corrected chi connectivity index (χ1v) is 11.9. The first-order chi connectivity index (χ1) is 14.8. The fraction of sp³-hybridized carbons (Fsp3) is 0.174. The van der Waals surface area contributed by atoms with E-state index in [1.807, 2.05) is 18.2 Å². The molecule has 1 amide bonds. The molecule has 3 rings (SSSR count). The first kappa shape index (κ1) is 22.7. The standard InChI is InChI=1S/C23H23ClN2O4S/c1-3-21(26(31(2,28)29)18-11-9-10-17(24)16-18)23(27)25-20-14-7-8-15-22(20)30-19-12-5-4-6-13-19/h4-16,21H,3H2,1-2H3,(H,25,27). The SMILES string of the molecule is CCC(C(=O)Nc1ccccc1Oc1ccccc1)N(c1cccc(Cl)c1)S(C)(=O)=O. The van der Waals surface area contributed by atoms with Crippen LogP contribution in [0.15, 0.2) is 78.9 Å². The van der Waals surface area contributed by atoms with Crippen LogP contribution in [0.4, 0.5) is 11.4 Å². The van der Waals surface area contributed by atoms with E-state index in [4.69, 9.17) is 16.3 Å². The van der Waals surface area contributed by atoms with Crippen LogP contribution in [-0.2, 0) is 14.8 Å². The Kier molecular flexibility index (Phi) is 7.20. The van der Waals surface area contributed by atoms with Gasteiger partial charge in [-0.2, -0.15) is 0 Å². The number of nitrogens with zero attached hydrogens (tertiary/aromatic N) is 1. The molecule has 0 fully saturated rings. The zero-order valence-electron chi connectivity index (χ0n) is 17.2. The Labute approximate surface area is 187 Å². The van der Waals surface area contributed by atoms with Crippen molar-refractivity contribution in [2.45, 2.75) is 19.4 Å². The Morgan fingerprint density at radius 2 is 1.71 bits per heavy atom. The normalized spacial score (nSPS) is 12.1. The van der Waals surface area contributed by atoms with Crippen molar-refractivity contribution < 1.29 is 17.9 Å². The molecule has 0 heterocycles. The van der Waals surface area contributed by atoms with Crippen molar-refractivity contribution in [2.24, 2.45) is 0 Å². The van der Waals surface area contributed by atoms with E-state index in [0.29, 0.717) is 27.9 Å². The Hall–Kier alpha value is -3.03. The number of anilines is 2. The van der Waals surface area contributed by atoms with E-state index in [1.165, 1.54) is 6.07 Å². The Morgan fingerprint density at radius 1 is 1.03 bits per heavy atom. The molecular weight excluding hydrogens is 436 g/mol. The summed E-state index contributed by atoms with van der Waals surface area (Å²) in [6.07, 6.45) is 1.32. The summed E-state index contributed by atoms with van der Waals surface area (Å²) < 4.78 is 32.2. The topological polar surface area (TPSA) is 75.7 Å². The molecule has 0 aliphatic rings. The summed E-state index contributed by atoms with van der Waals surface area (Å²) in [5.74, 6) is 0.593.